The largest absolute Gasteiger partial charge is 0.299 e. The van der Waals surface area contributed by atoms with E-state index >= 15 is 0 Å². The SMILES string of the molecule is CCCCCCC1C(=O)CCC1C. The van der Waals surface area contributed by atoms with E-state index in [-0.39, 0.29) is 0 Å². The van der Waals surface area contributed by atoms with Gasteiger partial charge in [0.05, 0.1) is 0 Å². The molecule has 1 saturated carbocycles. The van der Waals surface area contributed by atoms with Crippen molar-refractivity contribution in [2.75, 3.05) is 0 Å². The molecule has 0 aromatic carbocycles. The standard InChI is InChI=1S/C12H22O/c1-3-4-5-6-7-11-10(2)8-9-12(11)13/h10-11H,3-9H2,1-2H3. The van der Waals surface area contributed by atoms with E-state index in [1.807, 2.05) is 0 Å². The number of carbonyl (C=O) groups is 1. The molecule has 1 heteroatoms. The van der Waals surface area contributed by atoms with E-state index in [2.05, 4.69) is 13.8 Å². The predicted molar refractivity (Wildman–Crippen MR) is 55.7 cm³/mol. The highest BCUT2D eigenvalue weighted by Crippen LogP contribution is 2.32. The van der Waals surface area contributed by atoms with Gasteiger partial charge in [0.25, 0.3) is 0 Å². The first-order valence-corrected chi connectivity index (χ1v) is 5.78. The Hall–Kier alpha value is -0.330. The molecule has 0 amide bonds. The fourth-order valence-electron chi connectivity index (χ4n) is 2.31. The van der Waals surface area contributed by atoms with Crippen LogP contribution in [0, 0.1) is 11.8 Å². The molecule has 1 rings (SSSR count). The summed E-state index contributed by atoms with van der Waals surface area (Å²) in [6, 6.07) is 0. The van der Waals surface area contributed by atoms with Gasteiger partial charge in [0, 0.05) is 12.3 Å². The molecule has 0 saturated heterocycles. The summed E-state index contributed by atoms with van der Waals surface area (Å²) < 4.78 is 0. The predicted octanol–water partition coefficient (Wildman–Crippen LogP) is 3.57. The third-order valence-electron chi connectivity index (χ3n) is 3.32. The molecule has 0 radical (unpaired) electrons. The molecule has 0 aromatic heterocycles. The van der Waals surface area contributed by atoms with Crippen LogP contribution in [0.4, 0.5) is 0 Å². The van der Waals surface area contributed by atoms with Crippen molar-refractivity contribution in [3.8, 4) is 0 Å². The van der Waals surface area contributed by atoms with Gasteiger partial charge in [-0.25, -0.2) is 0 Å². The number of rotatable bonds is 5. The molecule has 1 fully saturated rings. The zero-order chi connectivity index (χ0) is 9.68. The molecule has 0 bridgehead atoms. The maximum absolute atomic E-state index is 11.4. The van der Waals surface area contributed by atoms with Gasteiger partial charge in [-0.15, -0.1) is 0 Å². The molecule has 0 aromatic rings. The van der Waals surface area contributed by atoms with Crippen molar-refractivity contribution < 1.29 is 4.79 Å². The highest BCUT2D eigenvalue weighted by atomic mass is 16.1. The van der Waals surface area contributed by atoms with Crippen LogP contribution in [0.3, 0.4) is 0 Å². The lowest BCUT2D eigenvalue weighted by Crippen LogP contribution is -2.12. The maximum atomic E-state index is 11.4. The molecule has 1 aliphatic rings. The van der Waals surface area contributed by atoms with Crippen LogP contribution in [0.2, 0.25) is 0 Å². The van der Waals surface area contributed by atoms with Gasteiger partial charge in [-0.1, -0.05) is 39.5 Å². The van der Waals surface area contributed by atoms with E-state index < -0.39 is 0 Å². The van der Waals surface area contributed by atoms with Crippen LogP contribution in [0.1, 0.15) is 58.8 Å². The quantitative estimate of drug-likeness (QED) is 0.594. The van der Waals surface area contributed by atoms with Crippen molar-refractivity contribution in [1.29, 1.82) is 0 Å². The summed E-state index contributed by atoms with van der Waals surface area (Å²) in [6.07, 6.45) is 8.32. The lowest BCUT2D eigenvalue weighted by Gasteiger charge is -2.12. The second kappa shape index (κ2) is 5.41. The van der Waals surface area contributed by atoms with Gasteiger partial charge in [-0.05, 0) is 18.8 Å². The van der Waals surface area contributed by atoms with Crippen LogP contribution in [-0.2, 0) is 4.79 Å². The summed E-state index contributed by atoms with van der Waals surface area (Å²) in [7, 11) is 0. The van der Waals surface area contributed by atoms with Crippen molar-refractivity contribution in [2.24, 2.45) is 11.8 Å². The minimum atomic E-state index is 0.414. The molecule has 0 spiro atoms. The lowest BCUT2D eigenvalue weighted by molar-refractivity contribution is -0.121. The van der Waals surface area contributed by atoms with Gasteiger partial charge in [0.2, 0.25) is 0 Å². The Morgan fingerprint density at radius 2 is 2.08 bits per heavy atom. The van der Waals surface area contributed by atoms with Crippen molar-refractivity contribution in [1.82, 2.24) is 0 Å². The summed E-state index contributed by atoms with van der Waals surface area (Å²) in [5.41, 5.74) is 0. The molecule has 1 aliphatic carbocycles. The molecule has 0 heterocycles. The highest BCUT2D eigenvalue weighted by Gasteiger charge is 2.30. The van der Waals surface area contributed by atoms with E-state index in [0.717, 1.165) is 19.3 Å². The smallest absolute Gasteiger partial charge is 0.136 e. The Morgan fingerprint density at radius 1 is 1.31 bits per heavy atom. The Labute approximate surface area is 81.9 Å². The highest BCUT2D eigenvalue weighted by molar-refractivity contribution is 5.83. The van der Waals surface area contributed by atoms with Crippen LogP contribution in [-0.4, -0.2) is 5.78 Å². The first-order chi connectivity index (χ1) is 6.25. The number of carbonyl (C=O) groups excluding carboxylic acids is 1. The Kier molecular flexibility index (Phi) is 4.47. The molecular weight excluding hydrogens is 160 g/mol. The van der Waals surface area contributed by atoms with Gasteiger partial charge in [0.1, 0.15) is 5.78 Å². The van der Waals surface area contributed by atoms with Gasteiger partial charge < -0.3 is 0 Å². The van der Waals surface area contributed by atoms with Crippen molar-refractivity contribution in [3.63, 3.8) is 0 Å². The Bertz CT molecular complexity index is 163. The third-order valence-corrected chi connectivity index (χ3v) is 3.32. The van der Waals surface area contributed by atoms with E-state index in [1.165, 1.54) is 25.7 Å². The minimum Gasteiger partial charge on any atom is -0.299 e. The van der Waals surface area contributed by atoms with Crippen LogP contribution in [0.15, 0.2) is 0 Å². The Morgan fingerprint density at radius 3 is 2.62 bits per heavy atom. The minimum absolute atomic E-state index is 0.414. The molecule has 13 heavy (non-hydrogen) atoms. The summed E-state index contributed by atoms with van der Waals surface area (Å²) >= 11 is 0. The summed E-state index contributed by atoms with van der Waals surface area (Å²) in [6.45, 7) is 4.46. The normalized spacial score (nSPS) is 28.3. The Balaban J connectivity index is 2.16. The summed E-state index contributed by atoms with van der Waals surface area (Å²) in [5, 5.41) is 0. The van der Waals surface area contributed by atoms with Crippen LogP contribution in [0.5, 0.6) is 0 Å². The zero-order valence-electron chi connectivity index (χ0n) is 9.01. The van der Waals surface area contributed by atoms with Gasteiger partial charge >= 0.3 is 0 Å². The van der Waals surface area contributed by atoms with Gasteiger partial charge in [0.15, 0.2) is 0 Å². The van der Waals surface area contributed by atoms with Crippen molar-refractivity contribution in [3.05, 3.63) is 0 Å². The van der Waals surface area contributed by atoms with E-state index in [4.69, 9.17) is 0 Å². The number of ketones is 1. The average molecular weight is 182 g/mol. The molecule has 1 nitrogen and oxygen atoms in total. The first kappa shape index (κ1) is 10.7. The molecular formula is C12H22O. The van der Waals surface area contributed by atoms with Crippen LogP contribution in [0.25, 0.3) is 0 Å². The fraction of sp³-hybridized carbons (Fsp3) is 0.917. The first-order valence-electron chi connectivity index (χ1n) is 5.78. The number of hydrogen-bond acceptors (Lipinski definition) is 1. The monoisotopic (exact) mass is 182 g/mol. The number of unbranched alkanes of at least 4 members (excludes halogenated alkanes) is 3. The van der Waals surface area contributed by atoms with Crippen molar-refractivity contribution >= 4 is 5.78 Å². The second-order valence-corrected chi connectivity index (χ2v) is 4.44. The second-order valence-electron chi connectivity index (χ2n) is 4.44. The fourth-order valence-corrected chi connectivity index (χ4v) is 2.31. The molecule has 2 unspecified atom stereocenters. The molecule has 76 valence electrons. The number of Topliss-reactive ketones (excluding diaryl/α,β-unsaturated/α-hetero) is 1. The third kappa shape index (κ3) is 3.13. The molecule has 2 atom stereocenters. The zero-order valence-corrected chi connectivity index (χ0v) is 9.01. The average Bonchev–Trinajstić information content (AvgIpc) is 2.42. The van der Waals surface area contributed by atoms with E-state index in [1.54, 1.807) is 0 Å². The van der Waals surface area contributed by atoms with Gasteiger partial charge in [-0.2, -0.15) is 0 Å². The lowest BCUT2D eigenvalue weighted by atomic mass is 9.91. The summed E-state index contributed by atoms with van der Waals surface area (Å²) in [4.78, 5) is 11.4. The molecule has 0 N–H and O–H groups in total. The number of hydrogen-bond donors (Lipinski definition) is 0. The van der Waals surface area contributed by atoms with Crippen molar-refractivity contribution in [2.45, 2.75) is 58.8 Å². The van der Waals surface area contributed by atoms with E-state index in [0.29, 0.717) is 17.6 Å². The van der Waals surface area contributed by atoms with E-state index in [9.17, 15) is 4.79 Å². The van der Waals surface area contributed by atoms with Crippen LogP contribution >= 0.6 is 0 Å². The maximum Gasteiger partial charge on any atom is 0.136 e. The topological polar surface area (TPSA) is 17.1 Å². The van der Waals surface area contributed by atoms with Crippen LogP contribution < -0.4 is 0 Å². The molecule has 0 aliphatic heterocycles. The van der Waals surface area contributed by atoms with Gasteiger partial charge in [-0.3, -0.25) is 4.79 Å². The summed E-state index contributed by atoms with van der Waals surface area (Å²) in [5.74, 6) is 1.61.